The van der Waals surface area contributed by atoms with E-state index in [1.54, 1.807) is 28.2 Å². The molecule has 3 amide bonds. The zero-order valence-corrected chi connectivity index (χ0v) is 24.7. The molecule has 0 radical (unpaired) electrons. The standard InChI is InChI=1S/C28H40N10O3/c1-18(2)16-24-27-29-20(4)32-37(27)15-14-36(13-7-8-25(39)35(6)19(3)28(41)30-24)26(40)17-22-9-11-23(12-10-22)38-21(5)31-33-34-38/h9-12,18-19,24H,7-8,13-17H2,1-6H3,(H,30,41)/t19-,24+/m0/s1. The second-order valence-electron chi connectivity index (χ2n) is 11.1. The number of nitrogens with one attached hydrogen (secondary N) is 1. The number of rotatable bonds is 5. The van der Waals surface area contributed by atoms with E-state index in [1.807, 2.05) is 38.1 Å². The fraction of sp³-hybridized carbons (Fsp3) is 0.571. The molecule has 1 aromatic carbocycles. The number of aromatic nitrogens is 7. The van der Waals surface area contributed by atoms with Crippen LogP contribution in [0.25, 0.3) is 5.69 Å². The molecule has 0 aliphatic carbocycles. The number of benzene rings is 1. The monoisotopic (exact) mass is 564 g/mol. The minimum atomic E-state index is -0.643. The van der Waals surface area contributed by atoms with Gasteiger partial charge in [0.05, 0.1) is 24.7 Å². The van der Waals surface area contributed by atoms with E-state index in [9.17, 15) is 14.4 Å². The highest BCUT2D eigenvalue weighted by atomic mass is 16.2. The van der Waals surface area contributed by atoms with Crippen molar-refractivity contribution in [3.8, 4) is 5.69 Å². The molecular formula is C28H40N10O3. The van der Waals surface area contributed by atoms with Gasteiger partial charge in [0.1, 0.15) is 17.7 Å². The van der Waals surface area contributed by atoms with Crippen LogP contribution in [0.15, 0.2) is 24.3 Å². The lowest BCUT2D eigenvalue weighted by Gasteiger charge is -2.29. The molecule has 13 heteroatoms. The third kappa shape index (κ3) is 7.33. The van der Waals surface area contributed by atoms with Crippen molar-refractivity contribution < 1.29 is 14.4 Å². The number of carbonyl (C=O) groups excluding carboxylic acids is 3. The van der Waals surface area contributed by atoms with E-state index in [4.69, 9.17) is 0 Å². The fourth-order valence-electron chi connectivity index (χ4n) is 4.96. The number of amides is 3. The highest BCUT2D eigenvalue weighted by Crippen LogP contribution is 2.21. The highest BCUT2D eigenvalue weighted by molar-refractivity contribution is 5.87. The molecule has 3 heterocycles. The van der Waals surface area contributed by atoms with Crippen LogP contribution in [0.3, 0.4) is 0 Å². The molecule has 0 fully saturated rings. The average Bonchev–Trinajstić information content (AvgIpc) is 3.53. The molecule has 1 aliphatic heterocycles. The maximum Gasteiger partial charge on any atom is 0.243 e. The lowest BCUT2D eigenvalue weighted by atomic mass is 10.0. The fourth-order valence-corrected chi connectivity index (χ4v) is 4.96. The topological polar surface area (TPSA) is 144 Å². The van der Waals surface area contributed by atoms with Gasteiger partial charge in [0.25, 0.3) is 0 Å². The second-order valence-corrected chi connectivity index (χ2v) is 11.1. The molecule has 3 aromatic rings. The molecule has 0 saturated heterocycles. The molecule has 220 valence electrons. The van der Waals surface area contributed by atoms with E-state index in [0.717, 1.165) is 11.3 Å². The molecule has 2 atom stereocenters. The third-order valence-electron chi connectivity index (χ3n) is 7.41. The molecule has 0 spiro atoms. The maximum absolute atomic E-state index is 13.5. The molecule has 0 unspecified atom stereocenters. The molecule has 0 saturated carbocycles. The summed E-state index contributed by atoms with van der Waals surface area (Å²) in [7, 11) is 1.64. The van der Waals surface area contributed by atoms with Gasteiger partial charge in [-0.15, -0.1) is 5.10 Å². The Morgan fingerprint density at radius 2 is 1.83 bits per heavy atom. The summed E-state index contributed by atoms with van der Waals surface area (Å²) in [5.74, 6) is 1.81. The number of fused-ring (bicyclic) bond motifs is 1. The Kier molecular flexibility index (Phi) is 9.46. The van der Waals surface area contributed by atoms with E-state index < -0.39 is 6.04 Å². The predicted molar refractivity (Wildman–Crippen MR) is 151 cm³/mol. The summed E-state index contributed by atoms with van der Waals surface area (Å²) in [6.45, 7) is 10.8. The predicted octanol–water partition coefficient (Wildman–Crippen LogP) is 1.79. The van der Waals surface area contributed by atoms with Crippen LogP contribution in [0.1, 0.15) is 69.1 Å². The number of nitrogens with zero attached hydrogens (tertiary/aromatic N) is 9. The first-order valence-corrected chi connectivity index (χ1v) is 14.1. The zero-order valence-electron chi connectivity index (χ0n) is 24.7. The number of hydrogen-bond acceptors (Lipinski definition) is 8. The molecular weight excluding hydrogens is 524 g/mol. The highest BCUT2D eigenvalue weighted by Gasteiger charge is 2.29. The molecule has 1 N–H and O–H groups in total. The van der Waals surface area contributed by atoms with Gasteiger partial charge >= 0.3 is 0 Å². The van der Waals surface area contributed by atoms with Crippen LogP contribution in [0.2, 0.25) is 0 Å². The van der Waals surface area contributed by atoms with Crippen molar-refractivity contribution in [3.05, 3.63) is 47.3 Å². The summed E-state index contributed by atoms with van der Waals surface area (Å²) in [5.41, 5.74) is 1.68. The van der Waals surface area contributed by atoms with Crippen molar-refractivity contribution in [1.29, 1.82) is 0 Å². The molecule has 41 heavy (non-hydrogen) atoms. The van der Waals surface area contributed by atoms with E-state index in [2.05, 4.69) is 44.8 Å². The van der Waals surface area contributed by atoms with Gasteiger partial charge in [0.2, 0.25) is 17.7 Å². The Bertz CT molecular complexity index is 1360. The zero-order chi connectivity index (χ0) is 29.7. The van der Waals surface area contributed by atoms with E-state index in [-0.39, 0.29) is 42.5 Å². The first kappa shape index (κ1) is 29.8. The van der Waals surface area contributed by atoms with Crippen LogP contribution >= 0.6 is 0 Å². The quantitative estimate of drug-likeness (QED) is 0.494. The van der Waals surface area contributed by atoms with Gasteiger partial charge < -0.3 is 15.1 Å². The largest absolute Gasteiger partial charge is 0.344 e. The molecule has 13 nitrogen and oxygen atoms in total. The van der Waals surface area contributed by atoms with Gasteiger partial charge in [-0.2, -0.15) is 9.78 Å². The second kappa shape index (κ2) is 13.0. The van der Waals surface area contributed by atoms with E-state index in [1.165, 1.54) is 4.90 Å². The minimum absolute atomic E-state index is 0.0389. The summed E-state index contributed by atoms with van der Waals surface area (Å²) < 4.78 is 3.44. The van der Waals surface area contributed by atoms with Crippen molar-refractivity contribution in [2.24, 2.45) is 5.92 Å². The number of likely N-dealkylation sites (N-methyl/N-ethyl adjacent to an activating group) is 1. The lowest BCUT2D eigenvalue weighted by molar-refractivity contribution is -0.139. The lowest BCUT2D eigenvalue weighted by Crippen LogP contribution is -2.47. The van der Waals surface area contributed by atoms with Crippen LogP contribution < -0.4 is 5.32 Å². The smallest absolute Gasteiger partial charge is 0.243 e. The maximum atomic E-state index is 13.5. The molecule has 0 bridgehead atoms. The summed E-state index contributed by atoms with van der Waals surface area (Å²) in [4.78, 5) is 47.5. The van der Waals surface area contributed by atoms with Gasteiger partial charge in [-0.05, 0) is 67.7 Å². The Balaban J connectivity index is 1.56. The molecule has 1 aliphatic rings. The van der Waals surface area contributed by atoms with Crippen LogP contribution in [-0.2, 0) is 27.3 Å². The number of carbonyl (C=O) groups is 3. The molecule has 4 rings (SSSR count). The Hall–Kier alpha value is -4.16. The summed E-state index contributed by atoms with van der Waals surface area (Å²) in [6, 6.07) is 6.56. The van der Waals surface area contributed by atoms with Crippen molar-refractivity contribution in [3.63, 3.8) is 0 Å². The van der Waals surface area contributed by atoms with E-state index >= 15 is 0 Å². The Morgan fingerprint density at radius 1 is 1.10 bits per heavy atom. The number of tetrazole rings is 1. The first-order valence-electron chi connectivity index (χ1n) is 14.1. The van der Waals surface area contributed by atoms with Gasteiger partial charge in [-0.3, -0.25) is 14.4 Å². The van der Waals surface area contributed by atoms with E-state index in [0.29, 0.717) is 49.9 Å². The van der Waals surface area contributed by atoms with Crippen LogP contribution in [0.4, 0.5) is 0 Å². The normalized spacial score (nSPS) is 19.2. The van der Waals surface area contributed by atoms with Gasteiger partial charge in [-0.1, -0.05) is 26.0 Å². The van der Waals surface area contributed by atoms with Crippen molar-refractivity contribution >= 4 is 17.7 Å². The minimum Gasteiger partial charge on any atom is -0.344 e. The van der Waals surface area contributed by atoms with Gasteiger partial charge in [0, 0.05) is 26.6 Å². The van der Waals surface area contributed by atoms with Crippen molar-refractivity contribution in [2.75, 3.05) is 20.1 Å². The first-order chi connectivity index (χ1) is 19.5. The SMILES string of the molecule is Cc1nc2n(n1)CCN(C(=O)Cc1ccc(-n3nnnc3C)cc1)CCCC(=O)N(C)[C@@H](C)C(=O)N[C@@H]2CC(C)C. The van der Waals surface area contributed by atoms with Gasteiger partial charge in [0.15, 0.2) is 5.82 Å². The summed E-state index contributed by atoms with van der Waals surface area (Å²) in [5, 5.41) is 19.3. The van der Waals surface area contributed by atoms with Crippen molar-refractivity contribution in [1.82, 2.24) is 50.1 Å². The van der Waals surface area contributed by atoms with Gasteiger partial charge in [-0.25, -0.2) is 9.67 Å². The summed E-state index contributed by atoms with van der Waals surface area (Å²) in [6.07, 6.45) is 1.60. The number of aryl methyl sites for hydroxylation is 2. The Morgan fingerprint density at radius 3 is 2.49 bits per heavy atom. The van der Waals surface area contributed by atoms with Crippen LogP contribution in [0.5, 0.6) is 0 Å². The van der Waals surface area contributed by atoms with Crippen LogP contribution in [-0.4, -0.2) is 88.7 Å². The Labute approximate surface area is 240 Å². The van der Waals surface area contributed by atoms with Crippen LogP contribution in [0, 0.1) is 19.8 Å². The average molecular weight is 565 g/mol. The third-order valence-corrected chi connectivity index (χ3v) is 7.41. The van der Waals surface area contributed by atoms with Crippen molar-refractivity contribution in [2.45, 2.75) is 78.9 Å². The number of hydrogen-bond donors (Lipinski definition) is 1. The summed E-state index contributed by atoms with van der Waals surface area (Å²) >= 11 is 0. The molecule has 2 aromatic heterocycles.